The van der Waals surface area contributed by atoms with E-state index in [2.05, 4.69) is 50.4 Å². The zero-order valence-corrected chi connectivity index (χ0v) is 16.3. The van der Waals surface area contributed by atoms with Crippen LogP contribution in [0.4, 0.5) is 5.82 Å². The fourth-order valence-electron chi connectivity index (χ4n) is 3.18. The lowest BCUT2D eigenvalue weighted by Gasteiger charge is -2.35. The molecular formula is C21H29N5O. The van der Waals surface area contributed by atoms with E-state index in [0.29, 0.717) is 12.1 Å². The Labute approximate surface area is 161 Å². The van der Waals surface area contributed by atoms with Gasteiger partial charge in [0.15, 0.2) is 0 Å². The average Bonchev–Trinajstić information content (AvgIpc) is 2.69. The highest BCUT2D eigenvalue weighted by Crippen LogP contribution is 2.15. The third kappa shape index (κ3) is 5.77. The van der Waals surface area contributed by atoms with Crippen molar-refractivity contribution in [3.05, 3.63) is 59.8 Å². The molecule has 27 heavy (non-hydrogen) atoms. The number of pyridine rings is 1. The molecule has 1 saturated heterocycles. The number of benzene rings is 1. The van der Waals surface area contributed by atoms with Crippen molar-refractivity contribution >= 4 is 11.7 Å². The summed E-state index contributed by atoms with van der Waals surface area (Å²) in [6, 6.07) is 14.4. The standard InChI is InChI=1S/C21H29N5O/c1-24(2)11-10-22-21(27)19-8-9-20(23-16-19)26-14-12-25(13-15-26)17-18-6-4-3-5-7-18/h3-9,16H,10-15,17H2,1-2H3,(H,22,27). The van der Waals surface area contributed by atoms with Crippen molar-refractivity contribution in [3.8, 4) is 0 Å². The molecule has 3 rings (SSSR count). The zero-order valence-electron chi connectivity index (χ0n) is 16.3. The molecule has 0 spiro atoms. The van der Waals surface area contributed by atoms with E-state index < -0.39 is 0 Å². The highest BCUT2D eigenvalue weighted by molar-refractivity contribution is 5.94. The zero-order chi connectivity index (χ0) is 19.1. The third-order valence-corrected chi connectivity index (χ3v) is 4.80. The molecule has 0 radical (unpaired) electrons. The minimum Gasteiger partial charge on any atom is -0.354 e. The van der Waals surface area contributed by atoms with Crippen molar-refractivity contribution in [1.29, 1.82) is 0 Å². The van der Waals surface area contributed by atoms with Gasteiger partial charge in [-0.2, -0.15) is 0 Å². The van der Waals surface area contributed by atoms with Gasteiger partial charge in [0.1, 0.15) is 5.82 Å². The lowest BCUT2D eigenvalue weighted by Crippen LogP contribution is -2.46. The second-order valence-electron chi connectivity index (χ2n) is 7.21. The van der Waals surface area contributed by atoms with Crippen LogP contribution >= 0.6 is 0 Å². The lowest BCUT2D eigenvalue weighted by atomic mass is 10.2. The summed E-state index contributed by atoms with van der Waals surface area (Å²) in [4.78, 5) is 23.5. The van der Waals surface area contributed by atoms with Gasteiger partial charge in [-0.15, -0.1) is 0 Å². The number of hydrogen-bond donors (Lipinski definition) is 1. The Hall–Kier alpha value is -2.44. The van der Waals surface area contributed by atoms with E-state index in [4.69, 9.17) is 0 Å². The first-order valence-corrected chi connectivity index (χ1v) is 9.52. The largest absolute Gasteiger partial charge is 0.354 e. The lowest BCUT2D eigenvalue weighted by molar-refractivity contribution is 0.0950. The van der Waals surface area contributed by atoms with Crippen LogP contribution in [0, 0.1) is 0 Å². The normalized spacial score (nSPS) is 15.1. The Balaban J connectivity index is 1.47. The molecule has 1 aromatic heterocycles. The number of nitrogens with one attached hydrogen (secondary N) is 1. The molecule has 0 atom stereocenters. The first-order valence-electron chi connectivity index (χ1n) is 9.52. The van der Waals surface area contributed by atoms with E-state index >= 15 is 0 Å². The fraction of sp³-hybridized carbons (Fsp3) is 0.429. The summed E-state index contributed by atoms with van der Waals surface area (Å²) in [6.45, 7) is 6.39. The van der Waals surface area contributed by atoms with Gasteiger partial charge in [-0.05, 0) is 31.8 Å². The van der Waals surface area contributed by atoms with E-state index in [1.807, 2.05) is 31.1 Å². The van der Waals surface area contributed by atoms with Gasteiger partial charge in [-0.25, -0.2) is 4.98 Å². The Morgan fingerprint density at radius 3 is 2.44 bits per heavy atom. The van der Waals surface area contributed by atoms with E-state index in [9.17, 15) is 4.79 Å². The van der Waals surface area contributed by atoms with Crippen LogP contribution in [-0.2, 0) is 6.54 Å². The average molecular weight is 367 g/mol. The molecule has 6 heteroatoms. The molecule has 144 valence electrons. The minimum absolute atomic E-state index is 0.0661. The predicted octanol–water partition coefficient (Wildman–Crippen LogP) is 1.70. The van der Waals surface area contributed by atoms with Crippen molar-refractivity contribution in [2.45, 2.75) is 6.54 Å². The van der Waals surface area contributed by atoms with Gasteiger partial charge >= 0.3 is 0 Å². The number of anilines is 1. The van der Waals surface area contributed by atoms with Crippen molar-refractivity contribution in [1.82, 2.24) is 20.1 Å². The summed E-state index contributed by atoms with van der Waals surface area (Å²) < 4.78 is 0. The van der Waals surface area contributed by atoms with Crippen molar-refractivity contribution in [2.24, 2.45) is 0 Å². The molecule has 1 aliphatic rings. The Bertz CT molecular complexity index is 709. The molecule has 1 amide bonds. The first-order chi connectivity index (χ1) is 13.1. The molecule has 0 unspecified atom stereocenters. The van der Waals surface area contributed by atoms with Gasteiger partial charge in [0.05, 0.1) is 5.56 Å². The van der Waals surface area contributed by atoms with E-state index in [-0.39, 0.29) is 5.91 Å². The fourth-order valence-corrected chi connectivity index (χ4v) is 3.18. The molecule has 1 fully saturated rings. The van der Waals surface area contributed by atoms with Crippen molar-refractivity contribution in [3.63, 3.8) is 0 Å². The number of amides is 1. The molecule has 0 aliphatic carbocycles. The second-order valence-corrected chi connectivity index (χ2v) is 7.21. The maximum absolute atomic E-state index is 12.1. The van der Waals surface area contributed by atoms with Crippen LogP contribution in [0.25, 0.3) is 0 Å². The predicted molar refractivity (Wildman–Crippen MR) is 109 cm³/mol. The number of carbonyl (C=O) groups is 1. The molecular weight excluding hydrogens is 338 g/mol. The number of nitrogens with zero attached hydrogens (tertiary/aromatic N) is 4. The highest BCUT2D eigenvalue weighted by Gasteiger charge is 2.18. The number of likely N-dealkylation sites (N-methyl/N-ethyl adjacent to an activating group) is 1. The third-order valence-electron chi connectivity index (χ3n) is 4.80. The molecule has 0 saturated carbocycles. The number of carbonyl (C=O) groups excluding carboxylic acids is 1. The number of rotatable bonds is 7. The summed E-state index contributed by atoms with van der Waals surface area (Å²) in [6.07, 6.45) is 1.68. The second kappa shape index (κ2) is 9.48. The van der Waals surface area contributed by atoms with E-state index in [1.54, 1.807) is 6.20 Å². The Morgan fingerprint density at radius 2 is 1.81 bits per heavy atom. The van der Waals surface area contributed by atoms with Crippen molar-refractivity contribution < 1.29 is 4.79 Å². The smallest absolute Gasteiger partial charge is 0.252 e. The molecule has 2 heterocycles. The molecule has 1 aromatic carbocycles. The number of piperazine rings is 1. The van der Waals surface area contributed by atoms with Crippen LogP contribution in [0.2, 0.25) is 0 Å². The summed E-state index contributed by atoms with van der Waals surface area (Å²) in [5.74, 6) is 0.878. The van der Waals surface area contributed by atoms with Gasteiger partial charge in [0, 0.05) is 52.0 Å². The van der Waals surface area contributed by atoms with Crippen LogP contribution < -0.4 is 10.2 Å². The maximum Gasteiger partial charge on any atom is 0.252 e. The maximum atomic E-state index is 12.1. The Morgan fingerprint density at radius 1 is 1.07 bits per heavy atom. The van der Waals surface area contributed by atoms with E-state index in [0.717, 1.165) is 45.1 Å². The van der Waals surface area contributed by atoms with Gasteiger partial charge in [-0.1, -0.05) is 30.3 Å². The molecule has 0 bridgehead atoms. The van der Waals surface area contributed by atoms with Gasteiger partial charge < -0.3 is 15.1 Å². The van der Waals surface area contributed by atoms with Crippen LogP contribution in [0.5, 0.6) is 0 Å². The summed E-state index contributed by atoms with van der Waals surface area (Å²) in [5.41, 5.74) is 1.97. The van der Waals surface area contributed by atoms with Gasteiger partial charge in [-0.3, -0.25) is 9.69 Å². The first kappa shape index (κ1) is 19.3. The quantitative estimate of drug-likeness (QED) is 0.807. The monoisotopic (exact) mass is 367 g/mol. The Kier molecular flexibility index (Phi) is 6.79. The SMILES string of the molecule is CN(C)CCNC(=O)c1ccc(N2CCN(Cc3ccccc3)CC2)nc1. The molecule has 1 aliphatic heterocycles. The summed E-state index contributed by atoms with van der Waals surface area (Å²) >= 11 is 0. The van der Waals surface area contributed by atoms with Crippen LogP contribution in [-0.4, -0.2) is 74.1 Å². The summed E-state index contributed by atoms with van der Waals surface area (Å²) in [5, 5.41) is 2.92. The van der Waals surface area contributed by atoms with Gasteiger partial charge in [0.2, 0.25) is 0 Å². The van der Waals surface area contributed by atoms with Crippen LogP contribution in [0.15, 0.2) is 48.7 Å². The highest BCUT2D eigenvalue weighted by atomic mass is 16.1. The van der Waals surface area contributed by atoms with E-state index in [1.165, 1.54) is 5.56 Å². The van der Waals surface area contributed by atoms with Crippen molar-refractivity contribution in [2.75, 3.05) is 58.3 Å². The molecule has 6 nitrogen and oxygen atoms in total. The molecule has 1 N–H and O–H groups in total. The molecule has 2 aromatic rings. The summed E-state index contributed by atoms with van der Waals surface area (Å²) in [7, 11) is 3.98. The topological polar surface area (TPSA) is 51.7 Å². The van der Waals surface area contributed by atoms with Gasteiger partial charge in [0.25, 0.3) is 5.91 Å². The number of hydrogen-bond acceptors (Lipinski definition) is 5. The van der Waals surface area contributed by atoms with Crippen LogP contribution in [0.1, 0.15) is 15.9 Å². The number of aromatic nitrogens is 1. The minimum atomic E-state index is -0.0661. The van der Waals surface area contributed by atoms with Crippen LogP contribution in [0.3, 0.4) is 0 Å².